The summed E-state index contributed by atoms with van der Waals surface area (Å²) in [7, 11) is 0. The number of rotatable bonds is 6. The molecule has 1 amide bonds. The quantitative estimate of drug-likeness (QED) is 0.665. The van der Waals surface area contributed by atoms with Gasteiger partial charge in [0.2, 0.25) is 0 Å². The number of nitrogens with zero attached hydrogens (tertiary/aromatic N) is 1. The summed E-state index contributed by atoms with van der Waals surface area (Å²) in [6, 6.07) is 17.2. The molecule has 1 N–H and O–H groups in total. The SMILES string of the molecule is CCc1ccc2oc(C(=O)NCC(c3ccccc3)N3CCCCC3)cc(=O)c2c1. The van der Waals surface area contributed by atoms with Crippen molar-refractivity contribution in [3.05, 3.63) is 81.7 Å². The predicted octanol–water partition coefficient (Wildman–Crippen LogP) is 4.31. The number of hydrogen-bond acceptors (Lipinski definition) is 4. The van der Waals surface area contributed by atoms with Crippen LogP contribution < -0.4 is 10.7 Å². The molecule has 1 aromatic heterocycles. The Kier molecular flexibility index (Phi) is 6.29. The van der Waals surface area contributed by atoms with Gasteiger partial charge in [0.05, 0.1) is 11.4 Å². The van der Waals surface area contributed by atoms with E-state index in [2.05, 4.69) is 22.3 Å². The number of carbonyl (C=O) groups is 1. The van der Waals surface area contributed by atoms with Crippen LogP contribution in [0.15, 0.2) is 63.8 Å². The smallest absolute Gasteiger partial charge is 0.287 e. The molecule has 5 nitrogen and oxygen atoms in total. The number of benzene rings is 2. The van der Waals surface area contributed by atoms with E-state index in [1.807, 2.05) is 37.3 Å². The molecule has 2 heterocycles. The molecule has 1 atom stereocenters. The van der Waals surface area contributed by atoms with Crippen LogP contribution in [-0.2, 0) is 6.42 Å². The molecule has 2 aromatic carbocycles. The lowest BCUT2D eigenvalue weighted by molar-refractivity contribution is 0.0897. The second kappa shape index (κ2) is 9.26. The third-order valence-electron chi connectivity index (χ3n) is 5.90. The summed E-state index contributed by atoms with van der Waals surface area (Å²) in [6.45, 7) is 4.57. The van der Waals surface area contributed by atoms with Crippen LogP contribution in [0.3, 0.4) is 0 Å². The molecule has 1 saturated heterocycles. The Morgan fingerprint density at radius 2 is 1.83 bits per heavy atom. The second-order valence-electron chi connectivity index (χ2n) is 7.89. The summed E-state index contributed by atoms with van der Waals surface area (Å²) >= 11 is 0. The minimum atomic E-state index is -0.355. The summed E-state index contributed by atoms with van der Waals surface area (Å²) in [5.74, 6) is -0.297. The van der Waals surface area contributed by atoms with Crippen molar-refractivity contribution in [1.82, 2.24) is 10.2 Å². The van der Waals surface area contributed by atoms with E-state index in [0.717, 1.165) is 25.1 Å². The maximum absolute atomic E-state index is 12.8. The molecule has 1 aliphatic rings. The largest absolute Gasteiger partial charge is 0.451 e. The van der Waals surface area contributed by atoms with Crippen LogP contribution in [0.2, 0.25) is 0 Å². The molecule has 1 aliphatic heterocycles. The number of aryl methyl sites for hydroxylation is 1. The van der Waals surface area contributed by atoms with E-state index in [9.17, 15) is 9.59 Å². The van der Waals surface area contributed by atoms with E-state index in [1.54, 1.807) is 6.07 Å². The number of piperidine rings is 1. The van der Waals surface area contributed by atoms with Crippen molar-refractivity contribution in [2.75, 3.05) is 19.6 Å². The highest BCUT2D eigenvalue weighted by molar-refractivity contribution is 5.93. The Hall–Kier alpha value is -2.92. The normalized spacial score (nSPS) is 15.8. The van der Waals surface area contributed by atoms with E-state index in [1.165, 1.54) is 30.9 Å². The molecular formula is C25H28N2O3. The van der Waals surface area contributed by atoms with Crippen LogP contribution in [0.4, 0.5) is 0 Å². The Balaban J connectivity index is 1.54. The number of likely N-dealkylation sites (tertiary alicyclic amines) is 1. The van der Waals surface area contributed by atoms with Gasteiger partial charge in [0, 0.05) is 12.6 Å². The van der Waals surface area contributed by atoms with Gasteiger partial charge in [-0.25, -0.2) is 0 Å². The first-order chi connectivity index (χ1) is 14.7. The monoisotopic (exact) mass is 404 g/mol. The topological polar surface area (TPSA) is 62.6 Å². The molecular weight excluding hydrogens is 376 g/mol. The third kappa shape index (κ3) is 4.46. The highest BCUT2D eigenvalue weighted by Crippen LogP contribution is 2.24. The number of nitrogens with one attached hydrogen (secondary N) is 1. The summed E-state index contributed by atoms with van der Waals surface area (Å²) in [5, 5.41) is 3.51. The van der Waals surface area contributed by atoms with Gasteiger partial charge in [0.15, 0.2) is 11.2 Å². The van der Waals surface area contributed by atoms with Crippen molar-refractivity contribution in [2.24, 2.45) is 0 Å². The third-order valence-corrected chi connectivity index (χ3v) is 5.90. The van der Waals surface area contributed by atoms with Crippen molar-refractivity contribution < 1.29 is 9.21 Å². The summed E-state index contributed by atoms with van der Waals surface area (Å²) < 4.78 is 5.76. The van der Waals surface area contributed by atoms with Gasteiger partial charge in [0.1, 0.15) is 5.58 Å². The van der Waals surface area contributed by atoms with Crippen LogP contribution in [0, 0.1) is 0 Å². The standard InChI is InChI=1S/C25H28N2O3/c1-2-18-11-12-23-20(15-18)22(28)16-24(30-23)25(29)26-17-21(19-9-5-3-6-10-19)27-13-7-4-8-14-27/h3,5-6,9-12,15-16,21H,2,4,7-8,13-14,17H2,1H3,(H,26,29). The second-order valence-corrected chi connectivity index (χ2v) is 7.89. The van der Waals surface area contributed by atoms with Gasteiger partial charge in [-0.3, -0.25) is 14.5 Å². The molecule has 30 heavy (non-hydrogen) atoms. The van der Waals surface area contributed by atoms with Crippen LogP contribution >= 0.6 is 0 Å². The zero-order valence-corrected chi connectivity index (χ0v) is 17.4. The van der Waals surface area contributed by atoms with Crippen LogP contribution in [0.25, 0.3) is 11.0 Å². The van der Waals surface area contributed by atoms with Crippen molar-refractivity contribution >= 4 is 16.9 Å². The molecule has 1 fully saturated rings. The van der Waals surface area contributed by atoms with Crippen molar-refractivity contribution in [3.8, 4) is 0 Å². The van der Waals surface area contributed by atoms with Gasteiger partial charge in [-0.15, -0.1) is 0 Å². The lowest BCUT2D eigenvalue weighted by atomic mass is 10.0. The number of amides is 1. The van der Waals surface area contributed by atoms with Gasteiger partial charge in [-0.1, -0.05) is 49.7 Å². The first-order valence-electron chi connectivity index (χ1n) is 10.8. The fourth-order valence-electron chi connectivity index (χ4n) is 4.17. The maximum atomic E-state index is 12.8. The molecule has 0 saturated carbocycles. The molecule has 5 heteroatoms. The zero-order chi connectivity index (χ0) is 20.9. The van der Waals surface area contributed by atoms with E-state index in [4.69, 9.17) is 4.42 Å². The highest BCUT2D eigenvalue weighted by atomic mass is 16.3. The lowest BCUT2D eigenvalue weighted by Gasteiger charge is -2.35. The molecule has 0 aliphatic carbocycles. The molecule has 0 spiro atoms. The van der Waals surface area contributed by atoms with Crippen LogP contribution in [0.5, 0.6) is 0 Å². The molecule has 0 bridgehead atoms. The number of carbonyl (C=O) groups excluding carboxylic acids is 1. The first kappa shape index (κ1) is 20.4. The van der Waals surface area contributed by atoms with E-state index >= 15 is 0 Å². The van der Waals surface area contributed by atoms with E-state index < -0.39 is 0 Å². The van der Waals surface area contributed by atoms with Crippen molar-refractivity contribution in [3.63, 3.8) is 0 Å². The molecule has 4 rings (SSSR count). The molecule has 0 radical (unpaired) electrons. The average molecular weight is 405 g/mol. The molecule has 1 unspecified atom stereocenters. The summed E-state index contributed by atoms with van der Waals surface area (Å²) in [5.41, 5.74) is 2.51. The Labute approximate surface area is 176 Å². The van der Waals surface area contributed by atoms with Crippen molar-refractivity contribution in [1.29, 1.82) is 0 Å². The van der Waals surface area contributed by atoms with Crippen LogP contribution in [0.1, 0.15) is 53.9 Å². The Morgan fingerprint density at radius 1 is 1.07 bits per heavy atom. The number of hydrogen-bond donors (Lipinski definition) is 1. The highest BCUT2D eigenvalue weighted by Gasteiger charge is 2.23. The number of fused-ring (bicyclic) bond motifs is 1. The molecule has 3 aromatic rings. The fourth-order valence-corrected chi connectivity index (χ4v) is 4.17. The maximum Gasteiger partial charge on any atom is 0.287 e. The summed E-state index contributed by atoms with van der Waals surface area (Å²) in [4.78, 5) is 27.8. The van der Waals surface area contributed by atoms with E-state index in [-0.39, 0.29) is 23.1 Å². The lowest BCUT2D eigenvalue weighted by Crippen LogP contribution is -2.40. The average Bonchev–Trinajstić information content (AvgIpc) is 2.80. The fraction of sp³-hybridized carbons (Fsp3) is 0.360. The van der Waals surface area contributed by atoms with Gasteiger partial charge in [-0.2, -0.15) is 0 Å². The van der Waals surface area contributed by atoms with Gasteiger partial charge in [0.25, 0.3) is 5.91 Å². The van der Waals surface area contributed by atoms with Gasteiger partial charge >= 0.3 is 0 Å². The predicted molar refractivity (Wildman–Crippen MR) is 119 cm³/mol. The first-order valence-corrected chi connectivity index (χ1v) is 10.8. The Bertz CT molecular complexity index is 1070. The Morgan fingerprint density at radius 3 is 2.57 bits per heavy atom. The minimum absolute atomic E-state index is 0.0576. The van der Waals surface area contributed by atoms with Gasteiger partial charge in [-0.05, 0) is 55.6 Å². The minimum Gasteiger partial charge on any atom is -0.451 e. The molecule has 156 valence electrons. The van der Waals surface area contributed by atoms with E-state index in [0.29, 0.717) is 17.5 Å². The van der Waals surface area contributed by atoms with Crippen molar-refractivity contribution in [2.45, 2.75) is 38.6 Å². The van der Waals surface area contributed by atoms with Crippen LogP contribution in [-0.4, -0.2) is 30.4 Å². The zero-order valence-electron chi connectivity index (χ0n) is 17.4. The summed E-state index contributed by atoms with van der Waals surface area (Å²) in [6.07, 6.45) is 4.45. The van der Waals surface area contributed by atoms with Gasteiger partial charge < -0.3 is 9.73 Å².